The van der Waals surface area contributed by atoms with E-state index < -0.39 is 0 Å². The number of halogens is 1. The van der Waals surface area contributed by atoms with Crippen molar-refractivity contribution in [2.45, 2.75) is 12.7 Å². The lowest BCUT2D eigenvalue weighted by atomic mass is 10.1. The fourth-order valence-corrected chi connectivity index (χ4v) is 2.81. The summed E-state index contributed by atoms with van der Waals surface area (Å²) in [7, 11) is 1.64. The third-order valence-corrected chi connectivity index (χ3v) is 4.11. The van der Waals surface area contributed by atoms with Crippen LogP contribution in [0.3, 0.4) is 0 Å². The van der Waals surface area contributed by atoms with E-state index in [9.17, 15) is 9.18 Å². The molecule has 1 saturated heterocycles. The number of carbonyl (C=O) groups is 1. The maximum absolute atomic E-state index is 13.1. The predicted octanol–water partition coefficient (Wildman–Crippen LogP) is 3.19. The molecule has 24 heavy (non-hydrogen) atoms. The summed E-state index contributed by atoms with van der Waals surface area (Å²) in [6, 6.07) is 13.7. The smallest absolute Gasteiger partial charge is 0.254 e. The van der Waals surface area contributed by atoms with Gasteiger partial charge in [-0.1, -0.05) is 24.3 Å². The summed E-state index contributed by atoms with van der Waals surface area (Å²) in [5, 5.41) is 0. The van der Waals surface area contributed by atoms with Crippen molar-refractivity contribution in [1.82, 2.24) is 4.90 Å². The van der Waals surface area contributed by atoms with Crippen molar-refractivity contribution in [3.8, 4) is 0 Å². The van der Waals surface area contributed by atoms with Crippen LogP contribution in [0, 0.1) is 5.82 Å². The number of methoxy groups -OCH3 is 1. The van der Waals surface area contributed by atoms with E-state index in [0.29, 0.717) is 31.9 Å². The highest BCUT2D eigenvalue weighted by Gasteiger charge is 2.26. The van der Waals surface area contributed by atoms with Crippen LogP contribution in [0.2, 0.25) is 0 Å². The van der Waals surface area contributed by atoms with Crippen molar-refractivity contribution < 1.29 is 18.7 Å². The topological polar surface area (TPSA) is 38.8 Å². The summed E-state index contributed by atoms with van der Waals surface area (Å²) >= 11 is 0. The number of amides is 1. The van der Waals surface area contributed by atoms with Gasteiger partial charge in [-0.2, -0.15) is 0 Å². The van der Waals surface area contributed by atoms with E-state index in [1.807, 2.05) is 24.3 Å². The van der Waals surface area contributed by atoms with Gasteiger partial charge in [0.2, 0.25) is 0 Å². The minimum Gasteiger partial charge on any atom is -0.380 e. The quantitative estimate of drug-likeness (QED) is 0.865. The largest absolute Gasteiger partial charge is 0.380 e. The third kappa shape index (κ3) is 3.80. The number of benzene rings is 2. The molecule has 126 valence electrons. The van der Waals surface area contributed by atoms with Gasteiger partial charge in [-0.25, -0.2) is 4.39 Å². The van der Waals surface area contributed by atoms with E-state index in [1.165, 1.54) is 12.1 Å². The molecule has 1 amide bonds. The van der Waals surface area contributed by atoms with Crippen LogP contribution in [0.5, 0.6) is 0 Å². The zero-order valence-electron chi connectivity index (χ0n) is 13.6. The van der Waals surface area contributed by atoms with Crippen LogP contribution < -0.4 is 0 Å². The lowest BCUT2D eigenvalue weighted by molar-refractivity contribution is -0.0228. The Kier molecular flexibility index (Phi) is 5.23. The Bertz CT molecular complexity index is 685. The van der Waals surface area contributed by atoms with E-state index in [-0.39, 0.29) is 17.8 Å². The Morgan fingerprint density at radius 3 is 2.58 bits per heavy atom. The molecular formula is C19H20FNO3. The molecule has 3 rings (SSSR count). The number of ether oxygens (including phenoxy) is 2. The van der Waals surface area contributed by atoms with Crippen LogP contribution in [0.4, 0.5) is 4.39 Å². The van der Waals surface area contributed by atoms with Gasteiger partial charge in [-0.3, -0.25) is 4.79 Å². The molecular weight excluding hydrogens is 309 g/mol. The molecule has 0 spiro atoms. The molecule has 1 heterocycles. The molecule has 4 nitrogen and oxygen atoms in total. The zero-order valence-corrected chi connectivity index (χ0v) is 13.6. The van der Waals surface area contributed by atoms with Crippen molar-refractivity contribution in [1.29, 1.82) is 0 Å². The van der Waals surface area contributed by atoms with E-state index >= 15 is 0 Å². The number of hydrogen-bond acceptors (Lipinski definition) is 3. The number of morpholine rings is 1. The van der Waals surface area contributed by atoms with Gasteiger partial charge >= 0.3 is 0 Å². The summed E-state index contributed by atoms with van der Waals surface area (Å²) in [5.41, 5.74) is 2.55. The van der Waals surface area contributed by atoms with E-state index in [1.54, 1.807) is 24.1 Å². The first-order valence-corrected chi connectivity index (χ1v) is 7.91. The van der Waals surface area contributed by atoms with Gasteiger partial charge in [-0.05, 0) is 35.4 Å². The molecule has 0 radical (unpaired) electrons. The first kappa shape index (κ1) is 16.6. The van der Waals surface area contributed by atoms with Crippen LogP contribution in [-0.4, -0.2) is 37.6 Å². The normalized spacial score (nSPS) is 17.8. The van der Waals surface area contributed by atoms with Gasteiger partial charge in [0.05, 0.1) is 19.8 Å². The molecule has 0 bridgehead atoms. The van der Waals surface area contributed by atoms with Gasteiger partial charge < -0.3 is 14.4 Å². The van der Waals surface area contributed by atoms with Crippen molar-refractivity contribution in [3.05, 3.63) is 71.0 Å². The number of carbonyl (C=O) groups excluding carboxylic acids is 1. The molecule has 0 aromatic heterocycles. The van der Waals surface area contributed by atoms with E-state index in [2.05, 4.69) is 0 Å². The molecule has 2 aromatic rings. The number of hydrogen-bond donors (Lipinski definition) is 0. The average Bonchev–Trinajstić information content (AvgIpc) is 2.63. The van der Waals surface area contributed by atoms with Crippen molar-refractivity contribution in [3.63, 3.8) is 0 Å². The van der Waals surface area contributed by atoms with Gasteiger partial charge in [-0.15, -0.1) is 0 Å². The summed E-state index contributed by atoms with van der Waals surface area (Å²) in [5.74, 6) is -0.298. The van der Waals surface area contributed by atoms with Crippen LogP contribution in [-0.2, 0) is 16.1 Å². The van der Waals surface area contributed by atoms with Gasteiger partial charge in [0.15, 0.2) is 0 Å². The van der Waals surface area contributed by atoms with Crippen LogP contribution in [0.15, 0.2) is 48.5 Å². The fraction of sp³-hybridized carbons (Fsp3) is 0.316. The second kappa shape index (κ2) is 7.55. The third-order valence-electron chi connectivity index (χ3n) is 4.11. The number of rotatable bonds is 4. The molecule has 0 aliphatic carbocycles. The maximum Gasteiger partial charge on any atom is 0.254 e. The van der Waals surface area contributed by atoms with Gasteiger partial charge in [0.25, 0.3) is 5.91 Å². The Hall–Kier alpha value is -2.24. The van der Waals surface area contributed by atoms with E-state index in [4.69, 9.17) is 9.47 Å². The molecule has 2 aromatic carbocycles. The van der Waals surface area contributed by atoms with E-state index in [0.717, 1.165) is 11.1 Å². The van der Waals surface area contributed by atoms with Crippen molar-refractivity contribution in [2.75, 3.05) is 26.8 Å². The first-order chi connectivity index (χ1) is 11.7. The maximum atomic E-state index is 13.1. The lowest BCUT2D eigenvalue weighted by Gasteiger charge is -2.33. The molecule has 1 unspecified atom stereocenters. The van der Waals surface area contributed by atoms with Gasteiger partial charge in [0.1, 0.15) is 11.9 Å². The second-order valence-electron chi connectivity index (χ2n) is 5.79. The molecule has 0 N–H and O–H groups in total. The molecule has 1 atom stereocenters. The lowest BCUT2D eigenvalue weighted by Crippen LogP contribution is -2.42. The predicted molar refractivity (Wildman–Crippen MR) is 88.2 cm³/mol. The standard InChI is InChI=1S/C19H20FNO3/c1-23-13-14-2-4-16(5-3-14)19(22)21-10-11-24-18(12-21)15-6-8-17(20)9-7-15/h2-9,18H,10-13H2,1H3. The Morgan fingerprint density at radius 2 is 1.92 bits per heavy atom. The van der Waals surface area contributed by atoms with Crippen LogP contribution in [0.25, 0.3) is 0 Å². The Labute approximate surface area is 140 Å². The monoisotopic (exact) mass is 329 g/mol. The molecule has 1 fully saturated rings. The minimum atomic E-state index is -0.279. The highest BCUT2D eigenvalue weighted by molar-refractivity contribution is 5.94. The molecule has 1 aliphatic rings. The Morgan fingerprint density at radius 1 is 1.21 bits per heavy atom. The SMILES string of the molecule is COCc1ccc(C(=O)N2CCOC(c3ccc(F)cc3)C2)cc1. The van der Waals surface area contributed by atoms with Crippen molar-refractivity contribution >= 4 is 5.91 Å². The summed E-state index contributed by atoms with van der Waals surface area (Å²) in [4.78, 5) is 14.5. The van der Waals surface area contributed by atoms with Crippen LogP contribution >= 0.6 is 0 Å². The van der Waals surface area contributed by atoms with Crippen LogP contribution in [0.1, 0.15) is 27.6 Å². The zero-order chi connectivity index (χ0) is 16.9. The summed E-state index contributed by atoms with van der Waals surface area (Å²) in [6.07, 6.45) is -0.226. The number of nitrogens with zero attached hydrogens (tertiary/aromatic N) is 1. The minimum absolute atomic E-state index is 0.0191. The second-order valence-corrected chi connectivity index (χ2v) is 5.79. The van der Waals surface area contributed by atoms with Crippen molar-refractivity contribution in [2.24, 2.45) is 0 Å². The first-order valence-electron chi connectivity index (χ1n) is 7.91. The Balaban J connectivity index is 1.69. The average molecular weight is 329 g/mol. The fourth-order valence-electron chi connectivity index (χ4n) is 2.81. The molecule has 0 saturated carbocycles. The molecule has 1 aliphatic heterocycles. The summed E-state index contributed by atoms with van der Waals surface area (Å²) < 4.78 is 23.9. The van der Waals surface area contributed by atoms with Gasteiger partial charge in [0, 0.05) is 19.2 Å². The molecule has 5 heteroatoms. The highest BCUT2D eigenvalue weighted by Crippen LogP contribution is 2.23. The summed E-state index contributed by atoms with van der Waals surface area (Å²) in [6.45, 7) is 2.01. The highest BCUT2D eigenvalue weighted by atomic mass is 19.1.